The Labute approximate surface area is 113 Å². The summed E-state index contributed by atoms with van der Waals surface area (Å²) in [6.45, 7) is 4.91. The van der Waals surface area contributed by atoms with Gasteiger partial charge < -0.3 is 15.3 Å². The number of aryl methyl sites for hydroxylation is 1. The van der Waals surface area contributed by atoms with Gasteiger partial charge >= 0.3 is 5.97 Å². The van der Waals surface area contributed by atoms with Crippen molar-refractivity contribution in [2.75, 3.05) is 24.5 Å². The molecule has 1 aromatic carbocycles. The number of nitrogens with zero attached hydrogens (tertiary/aromatic N) is 1. The molecule has 1 aromatic rings. The SMILES string of the molecule is CCN(C(=O)CNCCC(=O)O)c1ccccc1C. The molecule has 1 amide bonds. The highest BCUT2D eigenvalue weighted by molar-refractivity contribution is 5.95. The highest BCUT2D eigenvalue weighted by atomic mass is 16.4. The summed E-state index contributed by atoms with van der Waals surface area (Å²) in [5.41, 5.74) is 1.94. The zero-order chi connectivity index (χ0) is 14.3. The predicted molar refractivity (Wildman–Crippen MR) is 74.3 cm³/mol. The second kappa shape index (κ2) is 7.53. The van der Waals surface area contributed by atoms with Crippen molar-refractivity contribution in [1.82, 2.24) is 5.32 Å². The summed E-state index contributed by atoms with van der Waals surface area (Å²) in [4.78, 5) is 24.1. The summed E-state index contributed by atoms with van der Waals surface area (Å²) < 4.78 is 0. The van der Waals surface area contributed by atoms with Crippen molar-refractivity contribution < 1.29 is 14.7 Å². The molecule has 2 N–H and O–H groups in total. The van der Waals surface area contributed by atoms with E-state index in [1.54, 1.807) is 4.90 Å². The first-order valence-electron chi connectivity index (χ1n) is 6.34. The first-order valence-corrected chi connectivity index (χ1v) is 6.34. The molecule has 0 aliphatic rings. The van der Waals surface area contributed by atoms with Crippen LogP contribution >= 0.6 is 0 Å². The van der Waals surface area contributed by atoms with E-state index in [2.05, 4.69) is 5.32 Å². The standard InChI is InChI=1S/C14H20N2O3/c1-3-16(12-7-5-4-6-11(12)2)13(17)10-15-9-8-14(18)19/h4-7,15H,3,8-10H2,1-2H3,(H,18,19). The lowest BCUT2D eigenvalue weighted by Gasteiger charge is -2.23. The van der Waals surface area contributed by atoms with Crippen LogP contribution in [0.5, 0.6) is 0 Å². The molecule has 0 radical (unpaired) electrons. The van der Waals surface area contributed by atoms with E-state index >= 15 is 0 Å². The molecule has 104 valence electrons. The fraction of sp³-hybridized carbons (Fsp3) is 0.429. The van der Waals surface area contributed by atoms with Gasteiger partial charge in [-0.3, -0.25) is 9.59 Å². The minimum atomic E-state index is -0.869. The number of rotatable bonds is 7. The average Bonchev–Trinajstić information content (AvgIpc) is 2.37. The number of hydrogen-bond donors (Lipinski definition) is 2. The summed E-state index contributed by atoms with van der Waals surface area (Å²) in [5.74, 6) is -0.923. The molecule has 0 aromatic heterocycles. The molecule has 0 bridgehead atoms. The van der Waals surface area contributed by atoms with Crippen LogP contribution < -0.4 is 10.2 Å². The third-order valence-electron chi connectivity index (χ3n) is 2.82. The molecule has 0 saturated heterocycles. The number of hydrogen-bond acceptors (Lipinski definition) is 3. The van der Waals surface area contributed by atoms with Gasteiger partial charge in [0, 0.05) is 18.8 Å². The Morgan fingerprint density at radius 3 is 2.58 bits per heavy atom. The molecule has 0 spiro atoms. The fourth-order valence-corrected chi connectivity index (χ4v) is 1.83. The second-order valence-corrected chi connectivity index (χ2v) is 4.24. The number of para-hydroxylation sites is 1. The summed E-state index contributed by atoms with van der Waals surface area (Å²) in [7, 11) is 0. The van der Waals surface area contributed by atoms with Crippen molar-refractivity contribution in [3.05, 3.63) is 29.8 Å². The van der Waals surface area contributed by atoms with Crippen molar-refractivity contribution in [3.63, 3.8) is 0 Å². The van der Waals surface area contributed by atoms with Crippen LogP contribution in [0.2, 0.25) is 0 Å². The van der Waals surface area contributed by atoms with Crippen LogP contribution in [-0.4, -0.2) is 36.6 Å². The van der Waals surface area contributed by atoms with E-state index in [9.17, 15) is 9.59 Å². The van der Waals surface area contributed by atoms with E-state index in [0.29, 0.717) is 13.1 Å². The van der Waals surface area contributed by atoms with Gasteiger partial charge in [-0.15, -0.1) is 0 Å². The summed E-state index contributed by atoms with van der Waals surface area (Å²) >= 11 is 0. The smallest absolute Gasteiger partial charge is 0.304 e. The van der Waals surface area contributed by atoms with Gasteiger partial charge in [0.05, 0.1) is 13.0 Å². The largest absolute Gasteiger partial charge is 0.481 e. The number of carbonyl (C=O) groups excluding carboxylic acids is 1. The van der Waals surface area contributed by atoms with Crippen LogP contribution in [0.1, 0.15) is 18.9 Å². The molecule has 1 rings (SSSR count). The molecule has 0 unspecified atom stereocenters. The van der Waals surface area contributed by atoms with Gasteiger partial charge in [0.2, 0.25) is 5.91 Å². The van der Waals surface area contributed by atoms with Gasteiger partial charge in [-0.05, 0) is 25.5 Å². The monoisotopic (exact) mass is 264 g/mol. The van der Waals surface area contributed by atoms with Crippen molar-refractivity contribution in [2.24, 2.45) is 0 Å². The van der Waals surface area contributed by atoms with E-state index in [4.69, 9.17) is 5.11 Å². The molecule has 0 saturated carbocycles. The third kappa shape index (κ3) is 4.71. The first kappa shape index (κ1) is 15.2. The highest BCUT2D eigenvalue weighted by Gasteiger charge is 2.14. The van der Waals surface area contributed by atoms with Crippen LogP contribution in [0, 0.1) is 6.92 Å². The molecule has 19 heavy (non-hydrogen) atoms. The topological polar surface area (TPSA) is 69.6 Å². The number of nitrogens with one attached hydrogen (secondary N) is 1. The van der Waals surface area contributed by atoms with Gasteiger partial charge in [-0.2, -0.15) is 0 Å². The number of likely N-dealkylation sites (N-methyl/N-ethyl adjacent to an activating group) is 1. The molecule has 5 nitrogen and oxygen atoms in total. The molecular formula is C14H20N2O3. The minimum Gasteiger partial charge on any atom is -0.481 e. The van der Waals surface area contributed by atoms with Crippen LogP contribution in [0.15, 0.2) is 24.3 Å². The predicted octanol–water partition coefficient (Wildman–Crippen LogP) is 1.41. The lowest BCUT2D eigenvalue weighted by molar-refractivity contribution is -0.137. The van der Waals surface area contributed by atoms with E-state index < -0.39 is 5.97 Å². The molecular weight excluding hydrogens is 244 g/mol. The molecule has 0 fully saturated rings. The van der Waals surface area contributed by atoms with Crippen molar-refractivity contribution >= 4 is 17.6 Å². The molecule has 5 heteroatoms. The van der Waals surface area contributed by atoms with Gasteiger partial charge in [-0.1, -0.05) is 18.2 Å². The van der Waals surface area contributed by atoms with Crippen molar-refractivity contribution in [3.8, 4) is 0 Å². The van der Waals surface area contributed by atoms with E-state index in [1.165, 1.54) is 0 Å². The lowest BCUT2D eigenvalue weighted by atomic mass is 10.2. The molecule has 0 aliphatic heterocycles. The third-order valence-corrected chi connectivity index (χ3v) is 2.82. The second-order valence-electron chi connectivity index (χ2n) is 4.24. The van der Waals surface area contributed by atoms with Gasteiger partial charge in [0.25, 0.3) is 0 Å². The normalized spacial score (nSPS) is 10.2. The van der Waals surface area contributed by atoms with Gasteiger partial charge in [0.15, 0.2) is 0 Å². The Balaban J connectivity index is 2.58. The number of aliphatic carboxylic acids is 1. The summed E-state index contributed by atoms with van der Waals surface area (Å²) in [6, 6.07) is 7.70. The number of benzene rings is 1. The Hall–Kier alpha value is -1.88. The summed E-state index contributed by atoms with van der Waals surface area (Å²) in [6.07, 6.45) is 0.0176. The minimum absolute atomic E-state index is 0.0176. The van der Waals surface area contributed by atoms with Crippen LogP contribution in [0.3, 0.4) is 0 Å². The van der Waals surface area contributed by atoms with Crippen LogP contribution in [-0.2, 0) is 9.59 Å². The quantitative estimate of drug-likeness (QED) is 0.731. The number of anilines is 1. The van der Waals surface area contributed by atoms with Gasteiger partial charge in [-0.25, -0.2) is 0 Å². The maximum Gasteiger partial charge on any atom is 0.304 e. The number of carbonyl (C=O) groups is 2. The van der Waals surface area contributed by atoms with Crippen molar-refractivity contribution in [1.29, 1.82) is 0 Å². The molecule has 0 aliphatic carbocycles. The zero-order valence-electron chi connectivity index (χ0n) is 11.3. The number of carboxylic acid groups (broad SMARTS) is 1. The Morgan fingerprint density at radius 1 is 1.32 bits per heavy atom. The van der Waals surface area contributed by atoms with Crippen LogP contribution in [0.25, 0.3) is 0 Å². The Bertz CT molecular complexity index is 446. The van der Waals surface area contributed by atoms with E-state index in [0.717, 1.165) is 11.3 Å². The number of carboxylic acids is 1. The maximum atomic E-state index is 12.1. The fourth-order valence-electron chi connectivity index (χ4n) is 1.83. The Morgan fingerprint density at radius 2 is 2.00 bits per heavy atom. The Kier molecular flexibility index (Phi) is 6.02. The van der Waals surface area contributed by atoms with Gasteiger partial charge in [0.1, 0.15) is 0 Å². The molecule has 0 atom stereocenters. The summed E-state index contributed by atoms with van der Waals surface area (Å²) in [5, 5.41) is 11.4. The lowest BCUT2D eigenvalue weighted by Crippen LogP contribution is -2.39. The van der Waals surface area contributed by atoms with Crippen LogP contribution in [0.4, 0.5) is 5.69 Å². The first-order chi connectivity index (χ1) is 9.06. The zero-order valence-corrected chi connectivity index (χ0v) is 11.3. The molecule has 0 heterocycles. The maximum absolute atomic E-state index is 12.1. The van der Waals surface area contributed by atoms with E-state index in [-0.39, 0.29) is 18.9 Å². The number of amides is 1. The van der Waals surface area contributed by atoms with E-state index in [1.807, 2.05) is 38.1 Å². The van der Waals surface area contributed by atoms with Crippen molar-refractivity contribution in [2.45, 2.75) is 20.3 Å². The highest BCUT2D eigenvalue weighted by Crippen LogP contribution is 2.18. The average molecular weight is 264 g/mol.